The summed E-state index contributed by atoms with van der Waals surface area (Å²) in [4.78, 5) is 25.6. The first-order chi connectivity index (χ1) is 15.1. The van der Waals surface area contributed by atoms with Crippen molar-refractivity contribution < 1.29 is 9.18 Å². The number of H-pyrrole nitrogens is 1. The fourth-order valence-corrected chi connectivity index (χ4v) is 3.13. The first-order valence-corrected chi connectivity index (χ1v) is 9.46. The summed E-state index contributed by atoms with van der Waals surface area (Å²) >= 11 is 0. The zero-order valence-corrected chi connectivity index (χ0v) is 16.2. The lowest BCUT2D eigenvalue weighted by atomic mass is 9.95. The van der Waals surface area contributed by atoms with Gasteiger partial charge < -0.3 is 0 Å². The molecule has 0 atom stereocenters. The minimum absolute atomic E-state index is 0.101. The van der Waals surface area contributed by atoms with E-state index in [1.807, 2.05) is 60.7 Å². The largest absolute Gasteiger partial charge is 0.277 e. The molecule has 1 aromatic heterocycles. The maximum atomic E-state index is 13.0. The SMILES string of the molecule is O=C(NN=Cc1ccc(F)cc1)c1c(-c2ccccc2)c(-c2ccccc2)n[nH]c1=O. The second-order valence-corrected chi connectivity index (χ2v) is 6.63. The fourth-order valence-electron chi connectivity index (χ4n) is 3.13. The standard InChI is InChI=1S/C24H17FN4O2/c25-19-13-11-16(12-14-19)15-26-28-23(30)21-20(17-7-3-1-4-8-17)22(27-29-24(21)31)18-9-5-2-6-10-18/h1-15H,(H,28,30)(H,29,31). The summed E-state index contributed by atoms with van der Waals surface area (Å²) in [6.07, 6.45) is 1.37. The Balaban J connectivity index is 1.76. The van der Waals surface area contributed by atoms with Gasteiger partial charge >= 0.3 is 0 Å². The molecule has 0 saturated carbocycles. The average molecular weight is 412 g/mol. The van der Waals surface area contributed by atoms with E-state index in [9.17, 15) is 14.0 Å². The minimum Gasteiger partial charge on any atom is -0.267 e. The number of aromatic amines is 1. The number of nitrogens with one attached hydrogen (secondary N) is 2. The molecule has 0 spiro atoms. The van der Waals surface area contributed by atoms with Crippen LogP contribution in [0.1, 0.15) is 15.9 Å². The summed E-state index contributed by atoms with van der Waals surface area (Å²) in [5.41, 5.74) is 4.55. The first-order valence-electron chi connectivity index (χ1n) is 9.46. The molecular formula is C24H17FN4O2. The van der Waals surface area contributed by atoms with Crippen molar-refractivity contribution in [2.75, 3.05) is 0 Å². The molecule has 2 N–H and O–H groups in total. The molecule has 6 nitrogen and oxygen atoms in total. The number of carbonyl (C=O) groups is 1. The summed E-state index contributed by atoms with van der Waals surface area (Å²) in [7, 11) is 0. The van der Waals surface area contributed by atoms with E-state index in [-0.39, 0.29) is 11.4 Å². The highest BCUT2D eigenvalue weighted by Crippen LogP contribution is 2.31. The van der Waals surface area contributed by atoms with E-state index in [1.54, 1.807) is 0 Å². The van der Waals surface area contributed by atoms with Crippen molar-refractivity contribution in [1.29, 1.82) is 0 Å². The van der Waals surface area contributed by atoms with Crippen LogP contribution in [-0.2, 0) is 0 Å². The van der Waals surface area contributed by atoms with Crippen molar-refractivity contribution in [3.8, 4) is 22.4 Å². The molecule has 152 valence electrons. The summed E-state index contributed by atoms with van der Waals surface area (Å²) in [5, 5.41) is 10.5. The van der Waals surface area contributed by atoms with Crippen molar-refractivity contribution in [3.05, 3.63) is 112 Å². The number of hydrogen-bond donors (Lipinski definition) is 2. The topological polar surface area (TPSA) is 87.2 Å². The van der Waals surface area contributed by atoms with Crippen LogP contribution in [0.4, 0.5) is 4.39 Å². The van der Waals surface area contributed by atoms with E-state index in [0.29, 0.717) is 22.4 Å². The van der Waals surface area contributed by atoms with Gasteiger partial charge in [-0.15, -0.1) is 0 Å². The molecule has 31 heavy (non-hydrogen) atoms. The van der Waals surface area contributed by atoms with Gasteiger partial charge in [0.05, 0.1) is 11.9 Å². The zero-order valence-electron chi connectivity index (χ0n) is 16.2. The number of rotatable bonds is 5. The molecule has 3 aromatic carbocycles. The second kappa shape index (κ2) is 8.96. The highest BCUT2D eigenvalue weighted by atomic mass is 19.1. The molecular weight excluding hydrogens is 395 g/mol. The Morgan fingerprint density at radius 3 is 2.16 bits per heavy atom. The predicted octanol–water partition coefficient (Wildman–Crippen LogP) is 4.01. The van der Waals surface area contributed by atoms with E-state index < -0.39 is 11.5 Å². The molecule has 0 unspecified atom stereocenters. The lowest BCUT2D eigenvalue weighted by Crippen LogP contribution is -2.28. The number of amides is 1. The summed E-state index contributed by atoms with van der Waals surface area (Å²) in [6.45, 7) is 0. The molecule has 0 bridgehead atoms. The van der Waals surface area contributed by atoms with Gasteiger partial charge in [0.2, 0.25) is 0 Å². The molecule has 7 heteroatoms. The third kappa shape index (κ3) is 4.45. The number of hydrazone groups is 1. The Hall–Kier alpha value is -4.39. The number of halogens is 1. The Morgan fingerprint density at radius 2 is 1.52 bits per heavy atom. The molecule has 0 aliphatic heterocycles. The smallest absolute Gasteiger partial charge is 0.267 e. The Kier molecular flexibility index (Phi) is 5.75. The van der Waals surface area contributed by atoms with Gasteiger partial charge in [-0.25, -0.2) is 14.9 Å². The maximum absolute atomic E-state index is 13.0. The molecule has 1 heterocycles. The molecule has 0 fully saturated rings. The Bertz CT molecular complexity index is 1280. The molecule has 4 rings (SSSR count). The van der Waals surface area contributed by atoms with Crippen LogP contribution < -0.4 is 11.0 Å². The molecule has 0 saturated heterocycles. The number of nitrogens with zero attached hydrogens (tertiary/aromatic N) is 2. The van der Waals surface area contributed by atoms with Crippen LogP contribution in [0.15, 0.2) is 94.8 Å². The number of carbonyl (C=O) groups excluding carboxylic acids is 1. The van der Waals surface area contributed by atoms with Crippen LogP contribution in [0.2, 0.25) is 0 Å². The third-order valence-electron chi connectivity index (χ3n) is 4.57. The van der Waals surface area contributed by atoms with E-state index in [1.165, 1.54) is 30.5 Å². The van der Waals surface area contributed by atoms with Gasteiger partial charge in [-0.1, -0.05) is 72.8 Å². The summed E-state index contributed by atoms with van der Waals surface area (Å²) in [5.74, 6) is -1.05. The van der Waals surface area contributed by atoms with Gasteiger partial charge in [-0.05, 0) is 23.3 Å². The minimum atomic E-state index is -0.682. The normalized spacial score (nSPS) is 10.9. The zero-order chi connectivity index (χ0) is 21.6. The van der Waals surface area contributed by atoms with E-state index in [4.69, 9.17) is 0 Å². The number of aromatic nitrogens is 2. The fraction of sp³-hybridized carbons (Fsp3) is 0. The molecule has 1 amide bonds. The lowest BCUT2D eigenvalue weighted by Gasteiger charge is -2.12. The first kappa shape index (κ1) is 19.9. The van der Waals surface area contributed by atoms with Crippen LogP contribution >= 0.6 is 0 Å². The number of benzene rings is 3. The van der Waals surface area contributed by atoms with Gasteiger partial charge in [0, 0.05) is 11.1 Å². The van der Waals surface area contributed by atoms with Crippen LogP contribution in [-0.4, -0.2) is 22.3 Å². The van der Waals surface area contributed by atoms with Crippen molar-refractivity contribution in [1.82, 2.24) is 15.6 Å². The van der Waals surface area contributed by atoms with E-state index >= 15 is 0 Å². The molecule has 4 aromatic rings. The third-order valence-corrected chi connectivity index (χ3v) is 4.57. The van der Waals surface area contributed by atoms with Gasteiger partial charge in [-0.2, -0.15) is 10.2 Å². The van der Waals surface area contributed by atoms with Gasteiger partial charge in [0.1, 0.15) is 11.4 Å². The predicted molar refractivity (Wildman–Crippen MR) is 117 cm³/mol. The van der Waals surface area contributed by atoms with Crippen LogP contribution in [0.5, 0.6) is 0 Å². The lowest BCUT2D eigenvalue weighted by molar-refractivity contribution is 0.0954. The molecule has 0 aliphatic rings. The van der Waals surface area contributed by atoms with E-state index in [0.717, 1.165) is 5.56 Å². The van der Waals surface area contributed by atoms with Crippen molar-refractivity contribution >= 4 is 12.1 Å². The van der Waals surface area contributed by atoms with Crippen LogP contribution in [0.3, 0.4) is 0 Å². The molecule has 0 aliphatic carbocycles. The summed E-state index contributed by atoms with van der Waals surface area (Å²) in [6, 6.07) is 24.0. The van der Waals surface area contributed by atoms with Crippen molar-refractivity contribution in [3.63, 3.8) is 0 Å². The monoisotopic (exact) mass is 412 g/mol. The van der Waals surface area contributed by atoms with Crippen LogP contribution in [0.25, 0.3) is 22.4 Å². The average Bonchev–Trinajstić information content (AvgIpc) is 2.81. The maximum Gasteiger partial charge on any atom is 0.277 e. The second-order valence-electron chi connectivity index (χ2n) is 6.63. The quantitative estimate of drug-likeness (QED) is 0.384. The Labute approximate surface area is 177 Å². The van der Waals surface area contributed by atoms with Crippen LogP contribution in [0, 0.1) is 5.82 Å². The Morgan fingerprint density at radius 1 is 0.903 bits per heavy atom. The van der Waals surface area contributed by atoms with Crippen molar-refractivity contribution in [2.24, 2.45) is 5.10 Å². The summed E-state index contributed by atoms with van der Waals surface area (Å²) < 4.78 is 13.0. The molecule has 0 radical (unpaired) electrons. The van der Waals surface area contributed by atoms with Gasteiger partial charge in [-0.3, -0.25) is 9.59 Å². The van der Waals surface area contributed by atoms with Crippen molar-refractivity contribution in [2.45, 2.75) is 0 Å². The van der Waals surface area contributed by atoms with Gasteiger partial charge in [0.25, 0.3) is 11.5 Å². The highest BCUT2D eigenvalue weighted by Gasteiger charge is 2.22. The van der Waals surface area contributed by atoms with E-state index in [2.05, 4.69) is 20.7 Å². The van der Waals surface area contributed by atoms with Gasteiger partial charge in [0.15, 0.2) is 0 Å². The number of hydrogen-bond acceptors (Lipinski definition) is 4. The highest BCUT2D eigenvalue weighted by molar-refractivity contribution is 6.03.